The van der Waals surface area contributed by atoms with Crippen LogP contribution < -0.4 is 0 Å². The van der Waals surface area contributed by atoms with Crippen LogP contribution in [0.1, 0.15) is 10.5 Å². The van der Waals surface area contributed by atoms with Crippen LogP contribution in [-0.2, 0) is 0 Å². The van der Waals surface area contributed by atoms with Crippen molar-refractivity contribution in [1.82, 2.24) is 5.16 Å². The maximum atomic E-state index is 10.6. The third-order valence-electron chi connectivity index (χ3n) is 1.94. The average Bonchev–Trinajstić information content (AvgIpc) is 2.70. The van der Waals surface area contributed by atoms with Crippen LogP contribution in [-0.4, -0.2) is 21.3 Å². The van der Waals surface area contributed by atoms with E-state index in [1.165, 1.54) is 18.2 Å². The fourth-order valence-corrected chi connectivity index (χ4v) is 1.65. The molecule has 82 valence electrons. The van der Waals surface area contributed by atoms with Crippen LogP contribution in [0.25, 0.3) is 11.3 Å². The minimum absolute atomic E-state index is 0.0616. The molecule has 0 aliphatic heterocycles. The molecule has 0 bridgehead atoms. The molecule has 2 rings (SSSR count). The Morgan fingerprint density at radius 3 is 2.75 bits per heavy atom. The summed E-state index contributed by atoms with van der Waals surface area (Å²) in [5.41, 5.74) is 0.366. The maximum absolute atomic E-state index is 10.6. The smallest absolute Gasteiger partial charge is 0.358 e. The Labute approximate surface area is 98.4 Å². The Kier molecular flexibility index (Phi) is 2.66. The summed E-state index contributed by atoms with van der Waals surface area (Å²) in [6.07, 6.45) is 0. The average molecular weight is 284 g/mol. The van der Waals surface area contributed by atoms with Gasteiger partial charge in [-0.25, -0.2) is 4.79 Å². The van der Waals surface area contributed by atoms with Gasteiger partial charge in [-0.3, -0.25) is 0 Å². The number of phenols is 1. The van der Waals surface area contributed by atoms with Crippen LogP contribution in [0, 0.1) is 0 Å². The van der Waals surface area contributed by atoms with Gasteiger partial charge in [-0.1, -0.05) is 21.1 Å². The molecule has 5 nitrogen and oxygen atoms in total. The van der Waals surface area contributed by atoms with Crippen molar-refractivity contribution in [3.8, 4) is 17.1 Å². The van der Waals surface area contributed by atoms with Gasteiger partial charge in [0.05, 0.1) is 0 Å². The first kappa shape index (κ1) is 10.7. The summed E-state index contributed by atoms with van der Waals surface area (Å²) in [6.45, 7) is 0. The van der Waals surface area contributed by atoms with Gasteiger partial charge in [0.25, 0.3) is 0 Å². The number of benzene rings is 1. The lowest BCUT2D eigenvalue weighted by molar-refractivity contribution is 0.0686. The van der Waals surface area contributed by atoms with Crippen LogP contribution >= 0.6 is 15.9 Å². The quantitative estimate of drug-likeness (QED) is 0.885. The van der Waals surface area contributed by atoms with Gasteiger partial charge in [-0.05, 0) is 18.2 Å². The van der Waals surface area contributed by atoms with Crippen LogP contribution in [0.2, 0.25) is 0 Å². The Morgan fingerprint density at radius 1 is 1.38 bits per heavy atom. The highest BCUT2D eigenvalue weighted by molar-refractivity contribution is 9.10. The van der Waals surface area contributed by atoms with E-state index in [1.54, 1.807) is 6.07 Å². The summed E-state index contributed by atoms with van der Waals surface area (Å²) in [5, 5.41) is 21.4. The molecule has 0 saturated heterocycles. The Morgan fingerprint density at radius 2 is 2.12 bits per heavy atom. The number of carbonyl (C=O) groups is 1. The Hall–Kier alpha value is -1.82. The third-order valence-corrected chi connectivity index (χ3v) is 2.64. The summed E-state index contributed by atoms with van der Waals surface area (Å²) in [6, 6.07) is 5.88. The monoisotopic (exact) mass is 283 g/mol. The van der Waals surface area contributed by atoms with Crippen LogP contribution in [0.3, 0.4) is 0 Å². The van der Waals surface area contributed by atoms with Crippen LogP contribution in [0.5, 0.6) is 5.75 Å². The number of rotatable bonds is 2. The number of halogens is 1. The number of carboxylic acid groups (broad SMARTS) is 1. The molecule has 0 radical (unpaired) electrons. The van der Waals surface area contributed by atoms with E-state index in [1.807, 2.05) is 0 Å². The molecule has 0 spiro atoms. The van der Waals surface area contributed by atoms with E-state index >= 15 is 0 Å². The molecule has 0 amide bonds. The molecule has 0 atom stereocenters. The molecular weight excluding hydrogens is 278 g/mol. The number of aromatic carboxylic acids is 1. The van der Waals surface area contributed by atoms with E-state index in [9.17, 15) is 9.90 Å². The molecule has 0 aliphatic carbocycles. The topological polar surface area (TPSA) is 83.6 Å². The molecule has 16 heavy (non-hydrogen) atoms. The van der Waals surface area contributed by atoms with Crippen molar-refractivity contribution in [2.24, 2.45) is 0 Å². The first-order valence-electron chi connectivity index (χ1n) is 4.27. The fourth-order valence-electron chi connectivity index (χ4n) is 1.21. The minimum atomic E-state index is -1.16. The molecule has 6 heteroatoms. The van der Waals surface area contributed by atoms with E-state index in [-0.39, 0.29) is 17.2 Å². The number of aromatic nitrogens is 1. The van der Waals surface area contributed by atoms with Gasteiger partial charge in [0.1, 0.15) is 5.75 Å². The van der Waals surface area contributed by atoms with Crippen molar-refractivity contribution < 1.29 is 19.5 Å². The van der Waals surface area contributed by atoms with E-state index in [0.29, 0.717) is 10.0 Å². The van der Waals surface area contributed by atoms with Gasteiger partial charge in [-0.15, -0.1) is 0 Å². The summed E-state index contributed by atoms with van der Waals surface area (Å²) >= 11 is 3.27. The molecule has 0 saturated carbocycles. The molecule has 2 aromatic rings. The zero-order valence-corrected chi connectivity index (χ0v) is 9.43. The number of hydrogen-bond acceptors (Lipinski definition) is 4. The van der Waals surface area contributed by atoms with Gasteiger partial charge in [-0.2, -0.15) is 0 Å². The lowest BCUT2D eigenvalue weighted by Crippen LogP contribution is -1.94. The molecule has 0 unspecified atom stereocenters. The second kappa shape index (κ2) is 3.97. The molecule has 0 aliphatic rings. The van der Waals surface area contributed by atoms with Crippen molar-refractivity contribution in [2.75, 3.05) is 0 Å². The number of phenolic OH excluding ortho intramolecular Hbond substituents is 1. The van der Waals surface area contributed by atoms with E-state index in [4.69, 9.17) is 9.63 Å². The number of nitrogens with zero attached hydrogens (tertiary/aromatic N) is 1. The molecule has 1 aromatic heterocycles. The summed E-state index contributed by atoms with van der Waals surface area (Å²) in [5.74, 6) is -0.821. The van der Waals surface area contributed by atoms with Gasteiger partial charge >= 0.3 is 5.97 Å². The number of carboxylic acids is 1. The number of hydrogen-bond donors (Lipinski definition) is 2. The highest BCUT2D eigenvalue weighted by Crippen LogP contribution is 2.31. The van der Waals surface area contributed by atoms with Crippen molar-refractivity contribution in [2.45, 2.75) is 0 Å². The number of aromatic hydroxyl groups is 1. The summed E-state index contributed by atoms with van der Waals surface area (Å²) < 4.78 is 5.55. The van der Waals surface area contributed by atoms with Crippen molar-refractivity contribution in [3.63, 3.8) is 0 Å². The molecule has 1 heterocycles. The summed E-state index contributed by atoms with van der Waals surface area (Å²) in [7, 11) is 0. The van der Waals surface area contributed by atoms with E-state index in [2.05, 4.69) is 21.1 Å². The standard InChI is InChI=1S/C10H6BrNO4/c11-7-2-1-5(13)3-6(7)9-4-8(10(14)15)12-16-9/h1-4,13H,(H,14,15). The lowest BCUT2D eigenvalue weighted by atomic mass is 10.1. The maximum Gasteiger partial charge on any atom is 0.358 e. The largest absolute Gasteiger partial charge is 0.508 e. The van der Waals surface area contributed by atoms with Crippen LogP contribution in [0.4, 0.5) is 0 Å². The third kappa shape index (κ3) is 1.92. The van der Waals surface area contributed by atoms with Crippen molar-refractivity contribution >= 4 is 21.9 Å². The normalized spacial score (nSPS) is 10.3. The molecule has 0 fully saturated rings. The van der Waals surface area contributed by atoms with Crippen LogP contribution in [0.15, 0.2) is 33.3 Å². The Bertz CT molecular complexity index is 550. The first-order chi connectivity index (χ1) is 7.58. The lowest BCUT2D eigenvalue weighted by Gasteiger charge is -1.99. The highest BCUT2D eigenvalue weighted by atomic mass is 79.9. The van der Waals surface area contributed by atoms with E-state index in [0.717, 1.165) is 0 Å². The van der Waals surface area contributed by atoms with E-state index < -0.39 is 5.97 Å². The van der Waals surface area contributed by atoms with Gasteiger partial charge in [0, 0.05) is 16.1 Å². The predicted octanol–water partition coefficient (Wildman–Crippen LogP) is 2.51. The Balaban J connectivity index is 2.50. The second-order valence-corrected chi connectivity index (χ2v) is 3.90. The first-order valence-corrected chi connectivity index (χ1v) is 5.06. The van der Waals surface area contributed by atoms with Gasteiger partial charge < -0.3 is 14.7 Å². The predicted molar refractivity (Wildman–Crippen MR) is 58.3 cm³/mol. The zero-order chi connectivity index (χ0) is 11.7. The fraction of sp³-hybridized carbons (Fsp3) is 0. The SMILES string of the molecule is O=C(O)c1cc(-c2cc(O)ccc2Br)on1. The van der Waals surface area contributed by atoms with Gasteiger partial charge in [0.2, 0.25) is 0 Å². The summed E-state index contributed by atoms with van der Waals surface area (Å²) in [4.78, 5) is 10.6. The molecular formula is C10H6BrNO4. The van der Waals surface area contributed by atoms with Crippen molar-refractivity contribution in [1.29, 1.82) is 0 Å². The molecule has 2 N–H and O–H groups in total. The van der Waals surface area contributed by atoms with Gasteiger partial charge in [0.15, 0.2) is 11.5 Å². The van der Waals surface area contributed by atoms with Crippen molar-refractivity contribution in [3.05, 3.63) is 34.4 Å². The molecule has 1 aromatic carbocycles. The highest BCUT2D eigenvalue weighted by Gasteiger charge is 2.14. The zero-order valence-electron chi connectivity index (χ0n) is 7.85. The minimum Gasteiger partial charge on any atom is -0.508 e. The second-order valence-electron chi connectivity index (χ2n) is 3.05.